The highest BCUT2D eigenvalue weighted by Gasteiger charge is 2.14. The Morgan fingerprint density at radius 1 is 1.15 bits per heavy atom. The minimum atomic E-state index is -3.64. The van der Waals surface area contributed by atoms with Gasteiger partial charge in [0.2, 0.25) is 15.8 Å². The van der Waals surface area contributed by atoms with Crippen molar-refractivity contribution in [2.24, 2.45) is 0 Å². The fraction of sp³-hybridized carbons (Fsp3) is 0.250. The highest BCUT2D eigenvalue weighted by Crippen LogP contribution is 2.17. The van der Waals surface area contributed by atoms with Gasteiger partial charge in [-0.05, 0) is 48.0 Å². The first-order chi connectivity index (χ1) is 12.5. The molecule has 0 saturated heterocycles. The monoisotopic (exact) mass is 374 g/mol. The number of pyridine rings is 1. The normalized spacial score (nSPS) is 11.6. The van der Waals surface area contributed by atoms with Gasteiger partial charge in [-0.25, -0.2) is 13.1 Å². The minimum Gasteiger partial charge on any atom is -0.395 e. The maximum Gasteiger partial charge on any atom is 0.240 e. The third-order valence-electron chi connectivity index (χ3n) is 3.58. The van der Waals surface area contributed by atoms with Crippen LogP contribution in [0.1, 0.15) is 11.3 Å². The first kappa shape index (κ1) is 18.1. The summed E-state index contributed by atoms with van der Waals surface area (Å²) in [6.07, 6.45) is 1.76. The highest BCUT2D eigenvalue weighted by atomic mass is 32.2. The van der Waals surface area contributed by atoms with E-state index < -0.39 is 10.0 Å². The van der Waals surface area contributed by atoms with Gasteiger partial charge in [-0.15, -0.1) is 10.2 Å². The molecule has 136 valence electrons. The molecule has 0 aliphatic rings. The van der Waals surface area contributed by atoms with Crippen LogP contribution in [0.3, 0.4) is 0 Å². The topological polar surface area (TPSA) is 123 Å². The van der Waals surface area contributed by atoms with Gasteiger partial charge in [0.25, 0.3) is 0 Å². The van der Waals surface area contributed by atoms with Gasteiger partial charge in [-0.3, -0.25) is 4.98 Å². The maximum atomic E-state index is 12.0. The summed E-state index contributed by atoms with van der Waals surface area (Å²) in [6.45, 7) is 2.06. The number of sulfonamides is 1. The fourth-order valence-corrected chi connectivity index (χ4v) is 3.25. The van der Waals surface area contributed by atoms with E-state index in [0.717, 1.165) is 11.3 Å². The zero-order valence-electron chi connectivity index (χ0n) is 14.1. The number of aliphatic hydroxyl groups is 1. The molecule has 10 heteroatoms. The van der Waals surface area contributed by atoms with Crippen LogP contribution in [-0.2, 0) is 16.6 Å². The number of tetrazole rings is 1. The number of aryl methyl sites for hydroxylation is 1. The molecule has 0 bridgehead atoms. The Morgan fingerprint density at radius 3 is 2.58 bits per heavy atom. The van der Waals surface area contributed by atoms with Crippen molar-refractivity contribution in [3.05, 3.63) is 53.9 Å². The maximum absolute atomic E-state index is 12.0. The lowest BCUT2D eigenvalue weighted by Gasteiger charge is -2.05. The van der Waals surface area contributed by atoms with Crippen LogP contribution in [0.4, 0.5) is 0 Å². The molecule has 2 aromatic heterocycles. The molecule has 0 amide bonds. The average molecular weight is 374 g/mol. The summed E-state index contributed by atoms with van der Waals surface area (Å²) in [5.41, 5.74) is 2.54. The van der Waals surface area contributed by atoms with E-state index in [-0.39, 0.29) is 18.0 Å². The number of aromatic nitrogens is 5. The summed E-state index contributed by atoms with van der Waals surface area (Å²) in [6, 6.07) is 10.0. The van der Waals surface area contributed by atoms with Crippen molar-refractivity contribution in [2.45, 2.75) is 18.4 Å². The lowest BCUT2D eigenvalue weighted by molar-refractivity contribution is 0.301. The minimum absolute atomic E-state index is 0.0339. The second kappa shape index (κ2) is 7.68. The Labute approximate surface area is 150 Å². The van der Waals surface area contributed by atoms with Crippen molar-refractivity contribution >= 4 is 10.0 Å². The third kappa shape index (κ3) is 4.28. The molecule has 0 fully saturated rings. The number of nitrogens with zero attached hydrogens (tertiary/aromatic N) is 5. The SMILES string of the molecule is Cc1ccc(Cn2nnc(-c3ccc(S(=O)(=O)NCCO)cc3)n2)cn1. The predicted octanol–water partition coefficient (Wildman–Crippen LogP) is 0.362. The molecular weight excluding hydrogens is 356 g/mol. The fourth-order valence-electron chi connectivity index (χ4n) is 2.23. The Bertz CT molecular complexity index is 968. The van der Waals surface area contributed by atoms with Crippen LogP contribution in [0.5, 0.6) is 0 Å². The van der Waals surface area contributed by atoms with E-state index in [0.29, 0.717) is 17.9 Å². The Kier molecular flexibility index (Phi) is 5.35. The summed E-state index contributed by atoms with van der Waals surface area (Å²) < 4.78 is 26.3. The molecule has 0 saturated carbocycles. The molecule has 3 rings (SSSR count). The summed E-state index contributed by atoms with van der Waals surface area (Å²) in [5, 5.41) is 21.1. The van der Waals surface area contributed by atoms with Crippen molar-refractivity contribution in [3.8, 4) is 11.4 Å². The number of hydrogen-bond donors (Lipinski definition) is 2. The van der Waals surface area contributed by atoms with E-state index in [2.05, 4.69) is 25.1 Å². The number of nitrogens with one attached hydrogen (secondary N) is 1. The van der Waals surface area contributed by atoms with Crippen molar-refractivity contribution in [1.29, 1.82) is 0 Å². The second-order valence-electron chi connectivity index (χ2n) is 5.60. The molecule has 0 spiro atoms. The third-order valence-corrected chi connectivity index (χ3v) is 5.05. The molecule has 0 aliphatic heterocycles. The summed E-state index contributed by atoms with van der Waals surface area (Å²) in [7, 11) is -3.64. The van der Waals surface area contributed by atoms with Crippen LogP contribution >= 0.6 is 0 Å². The van der Waals surface area contributed by atoms with E-state index in [9.17, 15) is 8.42 Å². The van der Waals surface area contributed by atoms with Gasteiger partial charge in [0.05, 0.1) is 18.0 Å². The standard InChI is InChI=1S/C16H18N6O3S/c1-12-2-3-13(10-17-12)11-22-20-16(19-21-22)14-4-6-15(7-5-14)26(24,25)18-8-9-23/h2-7,10,18,23H,8-9,11H2,1H3. The lowest BCUT2D eigenvalue weighted by atomic mass is 10.2. The zero-order valence-corrected chi connectivity index (χ0v) is 14.9. The van der Waals surface area contributed by atoms with Crippen LogP contribution in [0.15, 0.2) is 47.5 Å². The Balaban J connectivity index is 1.74. The molecule has 9 nitrogen and oxygen atoms in total. The van der Waals surface area contributed by atoms with Crippen molar-refractivity contribution < 1.29 is 13.5 Å². The lowest BCUT2D eigenvalue weighted by Crippen LogP contribution is -2.26. The number of rotatable bonds is 7. The van der Waals surface area contributed by atoms with Gasteiger partial charge in [0.1, 0.15) is 0 Å². The van der Waals surface area contributed by atoms with Crippen LogP contribution in [0, 0.1) is 6.92 Å². The second-order valence-corrected chi connectivity index (χ2v) is 7.36. The van der Waals surface area contributed by atoms with Crippen molar-refractivity contribution in [1.82, 2.24) is 29.9 Å². The smallest absolute Gasteiger partial charge is 0.240 e. The zero-order chi connectivity index (χ0) is 18.6. The van der Waals surface area contributed by atoms with Gasteiger partial charge in [0.15, 0.2) is 0 Å². The Hall–Kier alpha value is -2.69. The van der Waals surface area contributed by atoms with Crippen LogP contribution in [0.25, 0.3) is 11.4 Å². The molecule has 0 atom stereocenters. The summed E-state index contributed by atoms with van der Waals surface area (Å²) in [5.74, 6) is 0.400. The van der Waals surface area contributed by atoms with Crippen molar-refractivity contribution in [2.75, 3.05) is 13.2 Å². The number of benzene rings is 1. The van der Waals surface area contributed by atoms with Gasteiger partial charge < -0.3 is 5.11 Å². The molecule has 3 aromatic rings. The van der Waals surface area contributed by atoms with Crippen molar-refractivity contribution in [3.63, 3.8) is 0 Å². The number of aliphatic hydroxyl groups excluding tert-OH is 1. The summed E-state index contributed by atoms with van der Waals surface area (Å²) >= 11 is 0. The quantitative estimate of drug-likeness (QED) is 0.612. The van der Waals surface area contributed by atoms with Crippen LogP contribution in [-0.4, -0.2) is 51.9 Å². The molecule has 26 heavy (non-hydrogen) atoms. The Morgan fingerprint density at radius 2 is 1.92 bits per heavy atom. The molecule has 0 aliphatic carbocycles. The van der Waals surface area contributed by atoms with Gasteiger partial charge >= 0.3 is 0 Å². The van der Waals surface area contributed by atoms with Crippen LogP contribution < -0.4 is 4.72 Å². The van der Waals surface area contributed by atoms with E-state index in [1.807, 2.05) is 19.1 Å². The molecule has 0 unspecified atom stereocenters. The number of hydrogen-bond acceptors (Lipinski definition) is 7. The average Bonchev–Trinajstić information content (AvgIpc) is 3.11. The molecule has 1 aromatic carbocycles. The summed E-state index contributed by atoms with van der Waals surface area (Å²) in [4.78, 5) is 5.78. The van der Waals surface area contributed by atoms with E-state index in [1.54, 1.807) is 18.3 Å². The molecular formula is C16H18N6O3S. The van der Waals surface area contributed by atoms with Gasteiger partial charge in [-0.2, -0.15) is 4.80 Å². The van der Waals surface area contributed by atoms with Gasteiger partial charge in [-0.1, -0.05) is 6.07 Å². The van der Waals surface area contributed by atoms with E-state index in [1.165, 1.54) is 16.9 Å². The molecule has 0 radical (unpaired) electrons. The van der Waals surface area contributed by atoms with Gasteiger partial charge in [0, 0.05) is 24.0 Å². The van der Waals surface area contributed by atoms with E-state index in [4.69, 9.17) is 5.11 Å². The molecule has 2 N–H and O–H groups in total. The highest BCUT2D eigenvalue weighted by molar-refractivity contribution is 7.89. The largest absolute Gasteiger partial charge is 0.395 e. The first-order valence-electron chi connectivity index (χ1n) is 7.88. The predicted molar refractivity (Wildman–Crippen MR) is 93.6 cm³/mol. The van der Waals surface area contributed by atoms with E-state index >= 15 is 0 Å². The first-order valence-corrected chi connectivity index (χ1v) is 9.36. The molecule has 2 heterocycles. The van der Waals surface area contributed by atoms with Crippen LogP contribution in [0.2, 0.25) is 0 Å².